The quantitative estimate of drug-likeness (QED) is 0.284. The lowest BCUT2D eigenvalue weighted by atomic mass is 10.00. The summed E-state index contributed by atoms with van der Waals surface area (Å²) < 4.78 is 6.75. The van der Waals surface area contributed by atoms with Gasteiger partial charge in [0.2, 0.25) is 0 Å². The first kappa shape index (κ1) is 24.4. The number of hydrogen-bond acceptors (Lipinski definition) is 2. The molecular weight excluding hydrogens is 410 g/mol. The summed E-state index contributed by atoms with van der Waals surface area (Å²) in [5, 5.41) is 3.29. The number of hydrogen-bond donors (Lipinski definition) is 1. The Labute approximate surface area is 187 Å². The number of halogens is 1. The third-order valence-corrected chi connectivity index (χ3v) is 10.4. The molecule has 0 spiro atoms. The topological polar surface area (TPSA) is 38.3 Å². The van der Waals surface area contributed by atoms with Gasteiger partial charge in [-0.25, -0.2) is 0 Å². The average molecular weight is 444 g/mol. The first-order chi connectivity index (χ1) is 14.1. The molecule has 2 aromatic carbocycles. The molecule has 0 heterocycles. The van der Waals surface area contributed by atoms with Gasteiger partial charge in [0.25, 0.3) is 5.91 Å². The Kier molecular flexibility index (Phi) is 8.89. The van der Waals surface area contributed by atoms with E-state index in [1.54, 1.807) is 0 Å². The molecule has 0 fully saturated rings. The van der Waals surface area contributed by atoms with E-state index in [0.717, 1.165) is 5.56 Å². The first-order valence-corrected chi connectivity index (χ1v) is 13.9. The molecule has 0 aliphatic heterocycles. The number of alkyl halides is 1. The number of allylic oxidation sites excluding steroid dienone is 1. The van der Waals surface area contributed by atoms with Crippen molar-refractivity contribution >= 4 is 25.8 Å². The lowest BCUT2D eigenvalue weighted by molar-refractivity contribution is 0.0890. The molecule has 2 aromatic rings. The highest BCUT2D eigenvalue weighted by atomic mass is 35.5. The highest BCUT2D eigenvalue weighted by Crippen LogP contribution is 2.38. The molecule has 5 heteroatoms. The Balaban J connectivity index is 2.36. The Morgan fingerprint density at radius 2 is 1.63 bits per heavy atom. The first-order valence-electron chi connectivity index (χ1n) is 10.4. The van der Waals surface area contributed by atoms with Crippen molar-refractivity contribution < 1.29 is 9.22 Å². The highest BCUT2D eigenvalue weighted by Gasteiger charge is 2.40. The molecule has 0 aliphatic rings. The molecule has 0 aliphatic carbocycles. The van der Waals surface area contributed by atoms with Crippen molar-refractivity contribution in [3.05, 3.63) is 83.9 Å². The molecular formula is C25H34ClNO2Si. The molecule has 162 valence electrons. The van der Waals surface area contributed by atoms with Crippen LogP contribution in [0.15, 0.2) is 72.8 Å². The second kappa shape index (κ2) is 10.9. The van der Waals surface area contributed by atoms with E-state index >= 15 is 0 Å². The summed E-state index contributed by atoms with van der Waals surface area (Å²) in [6.07, 6.45) is 4.32. The minimum atomic E-state index is -2.07. The molecule has 0 radical (unpaired) electrons. The van der Waals surface area contributed by atoms with Crippen molar-refractivity contribution in [1.82, 2.24) is 5.32 Å². The predicted molar refractivity (Wildman–Crippen MR) is 130 cm³/mol. The van der Waals surface area contributed by atoms with Gasteiger partial charge in [0.1, 0.15) is 0 Å². The van der Waals surface area contributed by atoms with Gasteiger partial charge in [0, 0.05) is 11.4 Å². The zero-order chi connectivity index (χ0) is 22.2. The number of benzene rings is 2. The van der Waals surface area contributed by atoms with Gasteiger partial charge in [-0.2, -0.15) is 0 Å². The Bertz CT molecular complexity index is 816. The molecule has 0 unspecified atom stereocenters. The van der Waals surface area contributed by atoms with Crippen LogP contribution in [-0.2, 0) is 10.8 Å². The maximum absolute atomic E-state index is 13.0. The second-order valence-corrected chi connectivity index (χ2v) is 14.1. The molecule has 30 heavy (non-hydrogen) atoms. The van der Waals surface area contributed by atoms with Gasteiger partial charge in [-0.3, -0.25) is 4.79 Å². The summed E-state index contributed by atoms with van der Waals surface area (Å²) in [6, 6.07) is 19.3. The fourth-order valence-corrected chi connectivity index (χ4v) is 4.30. The fraction of sp³-hybridized carbons (Fsp3) is 0.400. The van der Waals surface area contributed by atoms with E-state index in [0.29, 0.717) is 17.9 Å². The normalized spacial score (nSPS) is 14.5. The van der Waals surface area contributed by atoms with E-state index in [4.69, 9.17) is 16.0 Å². The smallest absolute Gasteiger partial charge is 0.251 e. The van der Waals surface area contributed by atoms with E-state index in [1.807, 2.05) is 60.7 Å². The zero-order valence-corrected chi connectivity index (χ0v) is 20.4. The standard InChI is InChI=1S/C25H34ClNO2Si/c1-25(2,3)30(4,5)29-23(17-12-18-26)22(19-20-13-8-6-9-14-20)27-24(28)21-15-10-7-11-16-21/h6-17,22-23H,18-19H2,1-5H3,(H,27,28)/b17-12+/t22-,23+/m0/s1. The van der Waals surface area contributed by atoms with Crippen LogP contribution in [0.3, 0.4) is 0 Å². The fourth-order valence-electron chi connectivity index (χ4n) is 2.92. The van der Waals surface area contributed by atoms with E-state index in [-0.39, 0.29) is 23.1 Å². The Morgan fingerprint density at radius 1 is 1.07 bits per heavy atom. The van der Waals surface area contributed by atoms with Crippen LogP contribution in [0.25, 0.3) is 0 Å². The van der Waals surface area contributed by atoms with E-state index in [1.165, 1.54) is 0 Å². The molecule has 2 rings (SSSR count). The monoisotopic (exact) mass is 443 g/mol. The van der Waals surface area contributed by atoms with Gasteiger partial charge in [0.05, 0.1) is 12.1 Å². The van der Waals surface area contributed by atoms with Crippen molar-refractivity contribution in [2.45, 2.75) is 57.5 Å². The van der Waals surface area contributed by atoms with Crippen LogP contribution in [0.5, 0.6) is 0 Å². The lowest BCUT2D eigenvalue weighted by Gasteiger charge is -2.41. The minimum absolute atomic E-state index is 0.0563. The Morgan fingerprint density at radius 3 is 2.17 bits per heavy atom. The number of carbonyl (C=O) groups is 1. The number of amides is 1. The lowest BCUT2D eigenvalue weighted by Crippen LogP contribution is -2.52. The summed E-state index contributed by atoms with van der Waals surface area (Å²) in [4.78, 5) is 13.0. The van der Waals surface area contributed by atoms with Crippen molar-refractivity contribution in [3.63, 3.8) is 0 Å². The maximum atomic E-state index is 13.0. The summed E-state index contributed by atoms with van der Waals surface area (Å²) in [7, 11) is -2.07. The van der Waals surface area contributed by atoms with Gasteiger partial charge in [-0.05, 0) is 42.2 Å². The number of rotatable bonds is 9. The van der Waals surface area contributed by atoms with Gasteiger partial charge in [0.15, 0.2) is 8.32 Å². The Hall–Kier alpha value is -1.88. The van der Waals surface area contributed by atoms with Crippen LogP contribution in [0.1, 0.15) is 36.7 Å². The summed E-state index contributed by atoms with van der Waals surface area (Å²) in [6.45, 7) is 11.1. The molecule has 0 aromatic heterocycles. The molecule has 2 atom stereocenters. The number of carbonyl (C=O) groups excluding carboxylic acids is 1. The molecule has 0 saturated carbocycles. The molecule has 0 saturated heterocycles. The SMILES string of the molecule is CC(C)(C)[Si](C)(C)O[C@H](/C=C/CCl)[C@H](Cc1ccccc1)NC(=O)c1ccccc1. The van der Waals surface area contributed by atoms with Crippen molar-refractivity contribution in [3.8, 4) is 0 Å². The largest absolute Gasteiger partial charge is 0.408 e. The van der Waals surface area contributed by atoms with Crippen molar-refractivity contribution in [2.24, 2.45) is 0 Å². The van der Waals surface area contributed by atoms with Crippen LogP contribution >= 0.6 is 11.6 Å². The van der Waals surface area contributed by atoms with Crippen LogP contribution in [0.4, 0.5) is 0 Å². The third-order valence-electron chi connectivity index (χ3n) is 5.70. The molecule has 1 N–H and O–H groups in total. The third kappa shape index (κ3) is 7.12. The van der Waals surface area contributed by atoms with Gasteiger partial charge in [-0.1, -0.05) is 81.5 Å². The van der Waals surface area contributed by atoms with Crippen LogP contribution in [0, 0.1) is 0 Å². The van der Waals surface area contributed by atoms with Crippen LogP contribution in [0.2, 0.25) is 18.1 Å². The van der Waals surface area contributed by atoms with E-state index in [2.05, 4.69) is 51.3 Å². The predicted octanol–water partition coefficient (Wildman–Crippen LogP) is 6.21. The molecule has 0 bridgehead atoms. The van der Waals surface area contributed by atoms with E-state index < -0.39 is 8.32 Å². The van der Waals surface area contributed by atoms with Gasteiger partial charge < -0.3 is 9.74 Å². The number of nitrogens with one attached hydrogen (secondary N) is 1. The summed E-state index contributed by atoms with van der Waals surface area (Å²) in [5.74, 6) is 0.307. The zero-order valence-electron chi connectivity index (χ0n) is 18.7. The second-order valence-electron chi connectivity index (χ2n) is 9.06. The van der Waals surface area contributed by atoms with Crippen molar-refractivity contribution in [2.75, 3.05) is 5.88 Å². The summed E-state index contributed by atoms with van der Waals surface area (Å²) in [5.41, 5.74) is 1.79. The van der Waals surface area contributed by atoms with Gasteiger partial charge >= 0.3 is 0 Å². The maximum Gasteiger partial charge on any atom is 0.251 e. The summed E-state index contributed by atoms with van der Waals surface area (Å²) >= 11 is 5.95. The van der Waals surface area contributed by atoms with Crippen LogP contribution in [-0.4, -0.2) is 32.3 Å². The minimum Gasteiger partial charge on any atom is -0.408 e. The highest BCUT2D eigenvalue weighted by molar-refractivity contribution is 6.74. The molecule has 3 nitrogen and oxygen atoms in total. The average Bonchev–Trinajstić information content (AvgIpc) is 2.71. The van der Waals surface area contributed by atoms with Crippen molar-refractivity contribution in [1.29, 1.82) is 0 Å². The van der Waals surface area contributed by atoms with Crippen LogP contribution < -0.4 is 5.32 Å². The molecule has 1 amide bonds. The van der Waals surface area contributed by atoms with E-state index in [9.17, 15) is 4.79 Å². The van der Waals surface area contributed by atoms with Gasteiger partial charge in [-0.15, -0.1) is 11.6 Å².